The first-order chi connectivity index (χ1) is 11.6. The number of hydrogen-bond acceptors (Lipinski definition) is 4. The zero-order valence-corrected chi connectivity index (χ0v) is 14.1. The van der Waals surface area contributed by atoms with E-state index < -0.39 is 5.97 Å². The molecule has 2 atom stereocenters. The van der Waals surface area contributed by atoms with E-state index in [9.17, 15) is 14.4 Å². The lowest BCUT2D eigenvalue weighted by atomic mass is 10.2. The summed E-state index contributed by atoms with van der Waals surface area (Å²) in [5.74, 6) is -1.23. The zero-order chi connectivity index (χ0) is 17.5. The Hall–Kier alpha value is -2.37. The fourth-order valence-corrected chi connectivity index (χ4v) is 2.57. The summed E-state index contributed by atoms with van der Waals surface area (Å²) in [6, 6.07) is 6.55. The van der Waals surface area contributed by atoms with E-state index in [1.807, 2.05) is 0 Å². The highest BCUT2D eigenvalue weighted by Crippen LogP contribution is 2.39. The van der Waals surface area contributed by atoms with Crippen LogP contribution >= 0.6 is 0 Å². The normalized spacial score (nSPS) is 18.6. The molecule has 1 aliphatic rings. The van der Waals surface area contributed by atoms with Gasteiger partial charge in [-0.15, -0.1) is 0 Å². The Balaban J connectivity index is 1.82. The Morgan fingerprint density at radius 1 is 1.17 bits per heavy atom. The van der Waals surface area contributed by atoms with Crippen LogP contribution in [-0.2, 0) is 14.3 Å². The highest BCUT2D eigenvalue weighted by Gasteiger charge is 2.47. The summed E-state index contributed by atoms with van der Waals surface area (Å²) in [7, 11) is 1.31. The van der Waals surface area contributed by atoms with Gasteiger partial charge in [0.05, 0.1) is 24.5 Å². The van der Waals surface area contributed by atoms with Crippen molar-refractivity contribution in [2.75, 3.05) is 19.0 Å². The van der Waals surface area contributed by atoms with Crippen molar-refractivity contribution in [1.82, 2.24) is 5.32 Å². The van der Waals surface area contributed by atoms with Gasteiger partial charge in [-0.25, -0.2) is 4.79 Å². The van der Waals surface area contributed by atoms with Gasteiger partial charge in [-0.1, -0.05) is 25.8 Å². The second-order valence-electron chi connectivity index (χ2n) is 6.01. The lowest BCUT2D eigenvalue weighted by Crippen LogP contribution is -2.28. The maximum Gasteiger partial charge on any atom is 0.337 e. The molecule has 1 saturated carbocycles. The molecule has 1 aromatic rings. The predicted octanol–water partition coefficient (Wildman–Crippen LogP) is 2.35. The Kier molecular flexibility index (Phi) is 6.35. The lowest BCUT2D eigenvalue weighted by molar-refractivity contribution is -0.125. The van der Waals surface area contributed by atoms with Crippen LogP contribution < -0.4 is 10.6 Å². The van der Waals surface area contributed by atoms with Gasteiger partial charge in [-0.2, -0.15) is 0 Å². The predicted molar refractivity (Wildman–Crippen MR) is 90.5 cm³/mol. The minimum Gasteiger partial charge on any atom is -0.465 e. The summed E-state index contributed by atoms with van der Waals surface area (Å²) < 4.78 is 4.65. The monoisotopic (exact) mass is 332 g/mol. The van der Waals surface area contributed by atoms with Crippen LogP contribution in [0.25, 0.3) is 0 Å². The lowest BCUT2D eigenvalue weighted by Gasteiger charge is -2.07. The highest BCUT2D eigenvalue weighted by atomic mass is 16.5. The minimum absolute atomic E-state index is 0.0467. The van der Waals surface area contributed by atoms with Crippen LogP contribution in [0.1, 0.15) is 43.0 Å². The molecule has 6 heteroatoms. The number of benzene rings is 1. The van der Waals surface area contributed by atoms with Crippen LogP contribution in [-0.4, -0.2) is 31.4 Å². The summed E-state index contributed by atoms with van der Waals surface area (Å²) in [6.07, 6.45) is 3.73. The Morgan fingerprint density at radius 3 is 2.62 bits per heavy atom. The fraction of sp³-hybridized carbons (Fsp3) is 0.500. The largest absolute Gasteiger partial charge is 0.465 e. The van der Waals surface area contributed by atoms with E-state index in [0.29, 0.717) is 24.2 Å². The fourth-order valence-electron chi connectivity index (χ4n) is 2.57. The molecule has 2 unspecified atom stereocenters. The molecule has 24 heavy (non-hydrogen) atoms. The van der Waals surface area contributed by atoms with Crippen molar-refractivity contribution in [2.24, 2.45) is 11.8 Å². The van der Waals surface area contributed by atoms with Gasteiger partial charge in [-0.05, 0) is 31.0 Å². The van der Waals surface area contributed by atoms with E-state index >= 15 is 0 Å². The van der Waals surface area contributed by atoms with E-state index in [1.54, 1.807) is 24.3 Å². The molecule has 6 nitrogen and oxygen atoms in total. The maximum atomic E-state index is 12.2. The number of nitrogens with one attached hydrogen (secondary N) is 2. The highest BCUT2D eigenvalue weighted by molar-refractivity contribution is 6.00. The summed E-state index contributed by atoms with van der Waals surface area (Å²) in [5.41, 5.74) is 0.896. The SMILES string of the molecule is CCCCCNC(=O)C1CC1C(=O)Nc1cccc(C(=O)OC)c1. The van der Waals surface area contributed by atoms with Gasteiger partial charge in [0, 0.05) is 12.2 Å². The van der Waals surface area contributed by atoms with Gasteiger partial charge in [-0.3, -0.25) is 9.59 Å². The van der Waals surface area contributed by atoms with E-state index in [1.165, 1.54) is 7.11 Å². The van der Waals surface area contributed by atoms with E-state index in [0.717, 1.165) is 19.3 Å². The van der Waals surface area contributed by atoms with Crippen molar-refractivity contribution in [3.05, 3.63) is 29.8 Å². The third-order valence-electron chi connectivity index (χ3n) is 4.09. The smallest absolute Gasteiger partial charge is 0.337 e. The van der Waals surface area contributed by atoms with Gasteiger partial charge in [0.25, 0.3) is 0 Å². The quantitative estimate of drug-likeness (QED) is 0.565. The van der Waals surface area contributed by atoms with Crippen molar-refractivity contribution < 1.29 is 19.1 Å². The second kappa shape index (κ2) is 8.47. The van der Waals surface area contributed by atoms with Gasteiger partial charge in [0.2, 0.25) is 11.8 Å². The molecule has 0 aliphatic heterocycles. The topological polar surface area (TPSA) is 84.5 Å². The summed E-state index contributed by atoms with van der Waals surface area (Å²) in [6.45, 7) is 2.77. The molecule has 0 bridgehead atoms. The van der Waals surface area contributed by atoms with E-state index in [4.69, 9.17) is 0 Å². The molecule has 2 rings (SSSR count). The molecule has 0 aromatic heterocycles. The average molecular weight is 332 g/mol. The van der Waals surface area contributed by atoms with Crippen LogP contribution in [0.15, 0.2) is 24.3 Å². The first-order valence-electron chi connectivity index (χ1n) is 8.33. The molecule has 0 radical (unpaired) electrons. The summed E-state index contributed by atoms with van der Waals surface area (Å²) in [4.78, 5) is 35.7. The van der Waals surface area contributed by atoms with Gasteiger partial charge in [0.15, 0.2) is 0 Å². The van der Waals surface area contributed by atoms with Crippen LogP contribution in [0.3, 0.4) is 0 Å². The number of hydrogen-bond donors (Lipinski definition) is 2. The summed E-state index contributed by atoms with van der Waals surface area (Å²) >= 11 is 0. The van der Waals surface area contributed by atoms with E-state index in [2.05, 4.69) is 22.3 Å². The third-order valence-corrected chi connectivity index (χ3v) is 4.09. The second-order valence-corrected chi connectivity index (χ2v) is 6.01. The molecule has 1 fully saturated rings. The Bertz CT molecular complexity index is 615. The molecule has 0 spiro atoms. The Morgan fingerprint density at radius 2 is 1.92 bits per heavy atom. The zero-order valence-electron chi connectivity index (χ0n) is 14.1. The van der Waals surface area contributed by atoms with Gasteiger partial charge >= 0.3 is 5.97 Å². The molecular weight excluding hydrogens is 308 g/mol. The molecular formula is C18H24N2O4. The molecule has 1 aromatic carbocycles. The van der Waals surface area contributed by atoms with Crippen molar-refractivity contribution in [3.8, 4) is 0 Å². The van der Waals surface area contributed by atoms with Crippen molar-refractivity contribution in [2.45, 2.75) is 32.6 Å². The number of carbonyl (C=O) groups is 3. The summed E-state index contributed by atoms with van der Waals surface area (Å²) in [5, 5.41) is 5.64. The number of anilines is 1. The molecule has 1 aliphatic carbocycles. The first kappa shape index (κ1) is 18.0. The average Bonchev–Trinajstić information content (AvgIpc) is 3.39. The van der Waals surface area contributed by atoms with Crippen molar-refractivity contribution in [3.63, 3.8) is 0 Å². The van der Waals surface area contributed by atoms with Crippen molar-refractivity contribution >= 4 is 23.5 Å². The number of rotatable bonds is 8. The molecule has 130 valence electrons. The van der Waals surface area contributed by atoms with Crippen LogP contribution in [0.2, 0.25) is 0 Å². The Labute approximate surface area is 142 Å². The number of amides is 2. The first-order valence-corrected chi connectivity index (χ1v) is 8.33. The minimum atomic E-state index is -0.457. The number of methoxy groups -OCH3 is 1. The number of ether oxygens (including phenoxy) is 1. The van der Waals surface area contributed by atoms with Crippen molar-refractivity contribution in [1.29, 1.82) is 0 Å². The number of carbonyl (C=O) groups excluding carboxylic acids is 3. The third kappa shape index (κ3) is 4.81. The van der Waals surface area contributed by atoms with Gasteiger partial charge < -0.3 is 15.4 Å². The molecule has 2 N–H and O–H groups in total. The van der Waals surface area contributed by atoms with Crippen LogP contribution in [0.4, 0.5) is 5.69 Å². The molecule has 0 saturated heterocycles. The number of esters is 1. The standard InChI is InChI=1S/C18H24N2O4/c1-3-4-5-9-19-16(21)14-11-15(14)17(22)20-13-8-6-7-12(10-13)18(23)24-2/h6-8,10,14-15H,3-5,9,11H2,1-2H3,(H,19,21)(H,20,22). The maximum absolute atomic E-state index is 12.2. The molecule has 0 heterocycles. The molecule has 2 amide bonds. The van der Waals surface area contributed by atoms with Crippen LogP contribution in [0, 0.1) is 11.8 Å². The number of unbranched alkanes of at least 4 members (excludes halogenated alkanes) is 2. The van der Waals surface area contributed by atoms with Gasteiger partial charge in [0.1, 0.15) is 0 Å². The van der Waals surface area contributed by atoms with Crippen LogP contribution in [0.5, 0.6) is 0 Å². The van der Waals surface area contributed by atoms with E-state index in [-0.39, 0.29) is 23.7 Å².